The van der Waals surface area contributed by atoms with E-state index in [0.717, 1.165) is 24.8 Å². The standard InChI is InChI=1S/C13H24N4O/c1-17-12(18-2)8-11(16-17)15-10-13(9-14)6-4-3-5-7-13/h8H,3-7,9-10,14H2,1-2H3,(H,15,16). The predicted molar refractivity (Wildman–Crippen MR) is 72.8 cm³/mol. The molecule has 0 saturated heterocycles. The highest BCUT2D eigenvalue weighted by atomic mass is 16.5. The molecule has 0 radical (unpaired) electrons. The minimum absolute atomic E-state index is 0.253. The Balaban J connectivity index is 1.96. The molecule has 5 nitrogen and oxygen atoms in total. The number of rotatable bonds is 5. The molecule has 0 spiro atoms. The molecule has 1 aliphatic carbocycles. The van der Waals surface area contributed by atoms with Crippen molar-refractivity contribution in [3.63, 3.8) is 0 Å². The smallest absolute Gasteiger partial charge is 0.213 e. The van der Waals surface area contributed by atoms with E-state index in [2.05, 4.69) is 10.4 Å². The van der Waals surface area contributed by atoms with Gasteiger partial charge in [-0.2, -0.15) is 5.10 Å². The molecule has 1 saturated carbocycles. The van der Waals surface area contributed by atoms with Crippen LogP contribution in [0.1, 0.15) is 32.1 Å². The number of anilines is 1. The van der Waals surface area contributed by atoms with Crippen molar-refractivity contribution in [2.75, 3.05) is 25.5 Å². The monoisotopic (exact) mass is 252 g/mol. The fraction of sp³-hybridized carbons (Fsp3) is 0.769. The van der Waals surface area contributed by atoms with Crippen LogP contribution in [0.3, 0.4) is 0 Å². The van der Waals surface area contributed by atoms with Gasteiger partial charge in [-0.3, -0.25) is 0 Å². The third-order valence-electron chi connectivity index (χ3n) is 4.04. The predicted octanol–water partition coefficient (Wildman–Crippen LogP) is 1.75. The number of nitrogens with one attached hydrogen (secondary N) is 1. The van der Waals surface area contributed by atoms with Crippen LogP contribution in [-0.4, -0.2) is 30.0 Å². The first-order valence-corrected chi connectivity index (χ1v) is 6.71. The zero-order valence-corrected chi connectivity index (χ0v) is 11.4. The van der Waals surface area contributed by atoms with Gasteiger partial charge in [0.25, 0.3) is 0 Å². The van der Waals surface area contributed by atoms with Gasteiger partial charge in [-0.1, -0.05) is 19.3 Å². The first-order chi connectivity index (χ1) is 8.69. The second-order valence-corrected chi connectivity index (χ2v) is 5.31. The Labute approximate surface area is 109 Å². The van der Waals surface area contributed by atoms with Crippen LogP contribution in [0.5, 0.6) is 5.88 Å². The molecule has 1 aromatic heterocycles. The number of hydrogen-bond acceptors (Lipinski definition) is 4. The fourth-order valence-electron chi connectivity index (χ4n) is 2.76. The third-order valence-corrected chi connectivity index (χ3v) is 4.04. The zero-order valence-electron chi connectivity index (χ0n) is 11.4. The third kappa shape index (κ3) is 2.77. The Morgan fingerprint density at radius 3 is 2.72 bits per heavy atom. The molecule has 0 aromatic carbocycles. The van der Waals surface area contributed by atoms with E-state index in [1.807, 2.05) is 13.1 Å². The van der Waals surface area contributed by atoms with Gasteiger partial charge < -0.3 is 15.8 Å². The van der Waals surface area contributed by atoms with Crippen LogP contribution in [0.25, 0.3) is 0 Å². The molecule has 1 heterocycles. The lowest BCUT2D eigenvalue weighted by Crippen LogP contribution is -2.39. The second-order valence-electron chi connectivity index (χ2n) is 5.31. The van der Waals surface area contributed by atoms with Crippen molar-refractivity contribution in [3.05, 3.63) is 6.07 Å². The molecule has 3 N–H and O–H groups in total. The maximum Gasteiger partial charge on any atom is 0.213 e. The van der Waals surface area contributed by atoms with Gasteiger partial charge in [0.15, 0.2) is 5.82 Å². The summed E-state index contributed by atoms with van der Waals surface area (Å²) >= 11 is 0. The molecular formula is C13H24N4O. The minimum Gasteiger partial charge on any atom is -0.481 e. The van der Waals surface area contributed by atoms with E-state index in [9.17, 15) is 0 Å². The molecule has 0 unspecified atom stereocenters. The number of ether oxygens (including phenoxy) is 1. The molecule has 1 fully saturated rings. The highest BCUT2D eigenvalue weighted by Crippen LogP contribution is 2.35. The normalized spacial score (nSPS) is 18.6. The number of methoxy groups -OCH3 is 1. The summed E-state index contributed by atoms with van der Waals surface area (Å²) in [5, 5.41) is 7.78. The van der Waals surface area contributed by atoms with Gasteiger partial charge in [0.1, 0.15) is 0 Å². The average Bonchev–Trinajstić information content (AvgIpc) is 2.78. The van der Waals surface area contributed by atoms with Crippen LogP contribution in [-0.2, 0) is 7.05 Å². The van der Waals surface area contributed by atoms with Crippen molar-refractivity contribution in [2.45, 2.75) is 32.1 Å². The Hall–Kier alpha value is -1.23. The van der Waals surface area contributed by atoms with Gasteiger partial charge in [-0.15, -0.1) is 0 Å². The van der Waals surface area contributed by atoms with Crippen molar-refractivity contribution in [1.29, 1.82) is 0 Å². The summed E-state index contributed by atoms with van der Waals surface area (Å²) in [5.41, 5.74) is 6.23. The first kappa shape index (κ1) is 13.2. The van der Waals surface area contributed by atoms with E-state index in [4.69, 9.17) is 10.5 Å². The molecular weight excluding hydrogens is 228 g/mol. The quantitative estimate of drug-likeness (QED) is 0.838. The molecule has 5 heteroatoms. The van der Waals surface area contributed by atoms with Crippen molar-refractivity contribution >= 4 is 5.82 Å². The van der Waals surface area contributed by atoms with Gasteiger partial charge in [0.2, 0.25) is 5.88 Å². The van der Waals surface area contributed by atoms with Crippen LogP contribution in [0.4, 0.5) is 5.82 Å². The largest absolute Gasteiger partial charge is 0.481 e. The Kier molecular flexibility index (Phi) is 4.11. The topological polar surface area (TPSA) is 65.1 Å². The van der Waals surface area contributed by atoms with Crippen LogP contribution in [0.15, 0.2) is 6.07 Å². The lowest BCUT2D eigenvalue weighted by molar-refractivity contribution is 0.215. The van der Waals surface area contributed by atoms with Crippen LogP contribution in [0, 0.1) is 5.41 Å². The van der Waals surface area contributed by atoms with Crippen molar-refractivity contribution in [2.24, 2.45) is 18.2 Å². The summed E-state index contributed by atoms with van der Waals surface area (Å²) in [6.45, 7) is 1.66. The van der Waals surface area contributed by atoms with Crippen molar-refractivity contribution in [3.8, 4) is 5.88 Å². The number of nitrogens with zero attached hydrogens (tertiary/aromatic N) is 2. The van der Waals surface area contributed by atoms with E-state index in [0.29, 0.717) is 0 Å². The Morgan fingerprint density at radius 1 is 1.44 bits per heavy atom. The van der Waals surface area contributed by atoms with E-state index >= 15 is 0 Å². The second kappa shape index (κ2) is 5.61. The van der Waals surface area contributed by atoms with Gasteiger partial charge in [-0.05, 0) is 24.8 Å². The maximum atomic E-state index is 5.97. The number of aromatic nitrogens is 2. The highest BCUT2D eigenvalue weighted by Gasteiger charge is 2.30. The van der Waals surface area contributed by atoms with E-state index in [-0.39, 0.29) is 5.41 Å². The van der Waals surface area contributed by atoms with Gasteiger partial charge in [-0.25, -0.2) is 4.68 Å². The van der Waals surface area contributed by atoms with Gasteiger partial charge >= 0.3 is 0 Å². The zero-order chi connectivity index (χ0) is 13.0. The molecule has 0 aliphatic heterocycles. The SMILES string of the molecule is COc1cc(NCC2(CN)CCCCC2)nn1C. The van der Waals surface area contributed by atoms with E-state index < -0.39 is 0 Å². The number of hydrogen-bond donors (Lipinski definition) is 2. The molecule has 1 aromatic rings. The summed E-state index contributed by atoms with van der Waals surface area (Å²) < 4.78 is 6.94. The molecule has 0 bridgehead atoms. The summed E-state index contributed by atoms with van der Waals surface area (Å²) in [7, 11) is 3.53. The van der Waals surface area contributed by atoms with Crippen LogP contribution < -0.4 is 15.8 Å². The molecule has 1 aliphatic rings. The number of nitrogens with two attached hydrogens (primary N) is 1. The fourth-order valence-corrected chi connectivity index (χ4v) is 2.76. The van der Waals surface area contributed by atoms with Crippen LogP contribution >= 0.6 is 0 Å². The lowest BCUT2D eigenvalue weighted by atomic mass is 9.74. The van der Waals surface area contributed by atoms with E-state index in [1.54, 1.807) is 11.8 Å². The first-order valence-electron chi connectivity index (χ1n) is 6.71. The number of aryl methyl sites for hydroxylation is 1. The molecule has 0 atom stereocenters. The highest BCUT2D eigenvalue weighted by molar-refractivity contribution is 5.38. The van der Waals surface area contributed by atoms with Crippen molar-refractivity contribution in [1.82, 2.24) is 9.78 Å². The molecule has 102 valence electrons. The van der Waals surface area contributed by atoms with Gasteiger partial charge in [0, 0.05) is 19.7 Å². The van der Waals surface area contributed by atoms with Gasteiger partial charge in [0.05, 0.1) is 7.11 Å². The maximum absolute atomic E-state index is 5.97. The summed E-state index contributed by atoms with van der Waals surface area (Å²) in [6.07, 6.45) is 6.38. The summed E-state index contributed by atoms with van der Waals surface area (Å²) in [4.78, 5) is 0. The average molecular weight is 252 g/mol. The minimum atomic E-state index is 0.253. The molecule has 2 rings (SSSR count). The van der Waals surface area contributed by atoms with Crippen molar-refractivity contribution < 1.29 is 4.74 Å². The Bertz CT molecular complexity index is 382. The summed E-state index contributed by atoms with van der Waals surface area (Å²) in [5.74, 6) is 1.63. The van der Waals surface area contributed by atoms with E-state index in [1.165, 1.54) is 32.1 Å². The lowest BCUT2D eigenvalue weighted by Gasteiger charge is -2.36. The van der Waals surface area contributed by atoms with Crippen LogP contribution in [0.2, 0.25) is 0 Å². The molecule has 18 heavy (non-hydrogen) atoms. The summed E-state index contributed by atoms with van der Waals surface area (Å²) in [6, 6.07) is 1.92. The molecule has 0 amide bonds. The Morgan fingerprint density at radius 2 is 2.17 bits per heavy atom.